The van der Waals surface area contributed by atoms with Gasteiger partial charge in [0.1, 0.15) is 5.65 Å². The molecule has 1 aliphatic heterocycles. The summed E-state index contributed by atoms with van der Waals surface area (Å²) in [5.41, 5.74) is 7.82. The predicted octanol–water partition coefficient (Wildman–Crippen LogP) is 5.53. The molecule has 4 heterocycles. The third-order valence-corrected chi connectivity index (χ3v) is 6.88. The van der Waals surface area contributed by atoms with Crippen LogP contribution in [0.5, 0.6) is 0 Å². The highest BCUT2D eigenvalue weighted by atomic mass is 16.3. The number of benzene rings is 2. The topological polar surface area (TPSA) is 54.0 Å². The average Bonchev–Trinajstić information content (AvgIpc) is 3.58. The number of hydrogen-bond donors (Lipinski definition) is 0. The van der Waals surface area contributed by atoms with Crippen LogP contribution in [-0.2, 0) is 6.54 Å². The van der Waals surface area contributed by atoms with E-state index in [1.807, 2.05) is 11.0 Å². The van der Waals surface area contributed by atoms with Crippen molar-refractivity contribution in [2.45, 2.75) is 13.5 Å². The first-order valence-electron chi connectivity index (χ1n) is 12.3. The smallest absolute Gasteiger partial charge is 0.289 e. The molecule has 0 saturated carbocycles. The fourth-order valence-corrected chi connectivity index (χ4v) is 4.94. The number of carbonyl (C=O) groups excluding carboxylic acids is 1. The van der Waals surface area contributed by atoms with Gasteiger partial charge in [-0.15, -0.1) is 0 Å². The molecule has 0 atom stereocenters. The van der Waals surface area contributed by atoms with Gasteiger partial charge in [0, 0.05) is 44.5 Å². The largest absolute Gasteiger partial charge is 0.459 e. The van der Waals surface area contributed by atoms with E-state index in [1.165, 1.54) is 16.7 Å². The van der Waals surface area contributed by atoms with Gasteiger partial charge in [-0.1, -0.05) is 60.2 Å². The molecule has 0 aliphatic carbocycles. The molecule has 0 unspecified atom stereocenters. The van der Waals surface area contributed by atoms with Crippen LogP contribution in [0, 0.1) is 6.92 Å². The predicted molar refractivity (Wildman–Crippen MR) is 141 cm³/mol. The Balaban J connectivity index is 1.32. The summed E-state index contributed by atoms with van der Waals surface area (Å²) in [6.45, 7) is 5.81. The van der Waals surface area contributed by atoms with Crippen LogP contribution in [0.15, 0.2) is 95.7 Å². The van der Waals surface area contributed by atoms with Gasteiger partial charge in [-0.3, -0.25) is 9.69 Å². The first-order valence-corrected chi connectivity index (χ1v) is 12.3. The summed E-state index contributed by atoms with van der Waals surface area (Å²) < 4.78 is 7.55. The number of hydrogen-bond acceptors (Lipinski definition) is 4. The zero-order valence-corrected chi connectivity index (χ0v) is 20.3. The SMILES string of the molecule is Cc1cccc(-c2ccc3nc(-c4ccccc4)c(CN4CCN(C(=O)c5ccco5)CC4)n3c2)c1. The van der Waals surface area contributed by atoms with Crippen LogP contribution < -0.4 is 0 Å². The Bertz CT molecular complexity index is 1500. The van der Waals surface area contributed by atoms with Crippen molar-refractivity contribution >= 4 is 11.6 Å². The second-order valence-electron chi connectivity index (χ2n) is 9.33. The molecule has 5 aromatic rings. The lowest BCUT2D eigenvalue weighted by atomic mass is 10.1. The summed E-state index contributed by atoms with van der Waals surface area (Å²) in [5, 5.41) is 0. The second kappa shape index (κ2) is 9.47. The van der Waals surface area contributed by atoms with Crippen molar-refractivity contribution in [3.63, 3.8) is 0 Å². The van der Waals surface area contributed by atoms with Gasteiger partial charge in [-0.2, -0.15) is 0 Å². The van der Waals surface area contributed by atoms with Crippen LogP contribution in [0.25, 0.3) is 28.0 Å². The van der Waals surface area contributed by atoms with E-state index >= 15 is 0 Å². The van der Waals surface area contributed by atoms with Crippen LogP contribution in [0.1, 0.15) is 21.8 Å². The van der Waals surface area contributed by atoms with Crippen LogP contribution in [-0.4, -0.2) is 51.3 Å². The monoisotopic (exact) mass is 476 g/mol. The number of aryl methyl sites for hydroxylation is 1. The summed E-state index contributed by atoms with van der Waals surface area (Å²) in [6.07, 6.45) is 3.75. The molecule has 1 fully saturated rings. The maximum Gasteiger partial charge on any atom is 0.289 e. The molecule has 6 nitrogen and oxygen atoms in total. The van der Waals surface area contributed by atoms with Gasteiger partial charge >= 0.3 is 0 Å². The van der Waals surface area contributed by atoms with Crippen molar-refractivity contribution in [3.8, 4) is 22.4 Å². The van der Waals surface area contributed by atoms with Crippen LogP contribution in [0.4, 0.5) is 0 Å². The van der Waals surface area contributed by atoms with E-state index in [0.717, 1.165) is 42.2 Å². The van der Waals surface area contributed by atoms with Gasteiger partial charge in [0.2, 0.25) is 0 Å². The summed E-state index contributed by atoms with van der Waals surface area (Å²) in [5.74, 6) is 0.363. The van der Waals surface area contributed by atoms with Gasteiger partial charge in [-0.05, 0) is 42.3 Å². The van der Waals surface area contributed by atoms with Gasteiger partial charge in [0.25, 0.3) is 5.91 Å². The van der Waals surface area contributed by atoms with E-state index in [9.17, 15) is 4.79 Å². The van der Waals surface area contributed by atoms with E-state index in [4.69, 9.17) is 9.40 Å². The normalized spacial score (nSPS) is 14.4. The number of furan rings is 1. The molecule has 3 aromatic heterocycles. The molecule has 1 saturated heterocycles. The van der Waals surface area contributed by atoms with E-state index in [2.05, 4.69) is 83.1 Å². The third kappa shape index (κ3) is 4.32. The van der Waals surface area contributed by atoms with Crippen molar-refractivity contribution in [1.82, 2.24) is 19.2 Å². The molecule has 0 N–H and O–H groups in total. The molecule has 1 aliphatic rings. The van der Waals surface area contributed by atoms with Gasteiger partial charge in [0.05, 0.1) is 17.7 Å². The van der Waals surface area contributed by atoms with Crippen LogP contribution in [0.2, 0.25) is 0 Å². The summed E-state index contributed by atoms with van der Waals surface area (Å²) >= 11 is 0. The molecule has 6 rings (SSSR count). The number of nitrogens with zero attached hydrogens (tertiary/aromatic N) is 4. The molecule has 0 bridgehead atoms. The van der Waals surface area contributed by atoms with Gasteiger partial charge < -0.3 is 13.7 Å². The summed E-state index contributed by atoms with van der Waals surface area (Å²) in [6, 6.07) is 26.7. The zero-order valence-electron chi connectivity index (χ0n) is 20.3. The lowest BCUT2D eigenvalue weighted by Crippen LogP contribution is -2.48. The quantitative estimate of drug-likeness (QED) is 0.335. The van der Waals surface area contributed by atoms with E-state index in [0.29, 0.717) is 18.8 Å². The van der Waals surface area contributed by atoms with Crippen LogP contribution >= 0.6 is 0 Å². The molecule has 0 radical (unpaired) electrons. The minimum atomic E-state index is -0.0396. The highest BCUT2D eigenvalue weighted by Gasteiger charge is 2.25. The number of fused-ring (bicyclic) bond motifs is 1. The maximum atomic E-state index is 12.7. The Morgan fingerprint density at radius 2 is 1.67 bits per heavy atom. The number of rotatable bonds is 5. The van der Waals surface area contributed by atoms with Gasteiger partial charge in [-0.25, -0.2) is 4.98 Å². The maximum absolute atomic E-state index is 12.7. The first-order chi connectivity index (χ1) is 17.7. The Kier molecular flexibility index (Phi) is 5.87. The Morgan fingerprint density at radius 3 is 2.42 bits per heavy atom. The zero-order chi connectivity index (χ0) is 24.5. The number of amides is 1. The molecule has 36 heavy (non-hydrogen) atoms. The van der Waals surface area contributed by atoms with Gasteiger partial charge in [0.15, 0.2) is 5.76 Å². The standard InChI is InChI=1S/C30H28N4O2/c1-22-7-5-10-24(19-22)25-12-13-28-31-29(23-8-3-2-4-9-23)26(34(28)20-25)21-32-14-16-33(17-15-32)30(35)27-11-6-18-36-27/h2-13,18-20H,14-17,21H2,1H3. The molecule has 180 valence electrons. The lowest BCUT2D eigenvalue weighted by Gasteiger charge is -2.34. The fourth-order valence-electron chi connectivity index (χ4n) is 4.94. The average molecular weight is 477 g/mol. The van der Waals surface area contributed by atoms with Crippen molar-refractivity contribution in [1.29, 1.82) is 0 Å². The fraction of sp³-hybridized carbons (Fsp3) is 0.200. The number of carbonyl (C=O) groups is 1. The first kappa shape index (κ1) is 22.3. The van der Waals surface area contributed by atoms with E-state index in [-0.39, 0.29) is 5.91 Å². The number of aromatic nitrogens is 2. The molecular weight excluding hydrogens is 448 g/mol. The molecule has 0 spiro atoms. The van der Waals surface area contributed by atoms with Crippen molar-refractivity contribution in [3.05, 3.63) is 108 Å². The molecular formula is C30H28N4O2. The van der Waals surface area contributed by atoms with Crippen molar-refractivity contribution < 1.29 is 9.21 Å². The molecule has 6 heteroatoms. The minimum absolute atomic E-state index is 0.0396. The second-order valence-corrected chi connectivity index (χ2v) is 9.33. The highest BCUT2D eigenvalue weighted by molar-refractivity contribution is 5.91. The Hall–Kier alpha value is -4.16. The Morgan fingerprint density at radius 1 is 0.861 bits per heavy atom. The minimum Gasteiger partial charge on any atom is -0.459 e. The Labute approximate surface area is 210 Å². The lowest BCUT2D eigenvalue weighted by molar-refractivity contribution is 0.0596. The van der Waals surface area contributed by atoms with Crippen molar-refractivity contribution in [2.24, 2.45) is 0 Å². The summed E-state index contributed by atoms with van der Waals surface area (Å²) in [7, 11) is 0. The summed E-state index contributed by atoms with van der Waals surface area (Å²) in [4.78, 5) is 22.0. The van der Waals surface area contributed by atoms with E-state index < -0.39 is 0 Å². The molecule has 2 aromatic carbocycles. The third-order valence-electron chi connectivity index (χ3n) is 6.88. The van der Waals surface area contributed by atoms with Crippen molar-refractivity contribution in [2.75, 3.05) is 26.2 Å². The number of imidazole rings is 1. The van der Waals surface area contributed by atoms with Crippen LogP contribution in [0.3, 0.4) is 0 Å². The number of pyridine rings is 1. The number of piperazine rings is 1. The van der Waals surface area contributed by atoms with E-state index in [1.54, 1.807) is 18.4 Å². The molecule has 1 amide bonds. The highest BCUT2D eigenvalue weighted by Crippen LogP contribution is 2.29.